The quantitative estimate of drug-likeness (QED) is 0.784. The molecular formula is C22H29N3O2. The Morgan fingerprint density at radius 1 is 1.30 bits per heavy atom. The highest BCUT2D eigenvalue weighted by atomic mass is 16.5. The summed E-state index contributed by atoms with van der Waals surface area (Å²) in [5.41, 5.74) is 2.26. The van der Waals surface area contributed by atoms with Crippen LogP contribution in [0.1, 0.15) is 48.7 Å². The molecule has 2 heterocycles. The normalized spacial score (nSPS) is 19.9. The maximum absolute atomic E-state index is 12.8. The molecule has 0 N–H and O–H groups in total. The van der Waals surface area contributed by atoms with E-state index in [-0.39, 0.29) is 5.91 Å². The molecule has 0 radical (unpaired) electrons. The maximum atomic E-state index is 12.8. The third-order valence-corrected chi connectivity index (χ3v) is 5.83. The molecule has 1 amide bonds. The summed E-state index contributed by atoms with van der Waals surface area (Å²) in [5, 5.41) is 0. The first-order chi connectivity index (χ1) is 13.1. The molecule has 1 aromatic carbocycles. The number of hydrogen-bond donors (Lipinski definition) is 0. The average Bonchev–Trinajstić information content (AvgIpc) is 3.47. The molecule has 0 spiro atoms. The number of aromatic nitrogens is 2. The summed E-state index contributed by atoms with van der Waals surface area (Å²) in [6.45, 7) is 4.86. The van der Waals surface area contributed by atoms with Gasteiger partial charge in [-0.15, -0.1) is 0 Å². The molecule has 2 aliphatic rings. The number of nitrogens with zero attached hydrogens (tertiary/aromatic N) is 3. The van der Waals surface area contributed by atoms with E-state index in [4.69, 9.17) is 4.74 Å². The number of ether oxygens (including phenoxy) is 1. The second kappa shape index (κ2) is 7.75. The molecule has 1 aliphatic heterocycles. The van der Waals surface area contributed by atoms with E-state index in [9.17, 15) is 4.79 Å². The second-order valence-electron chi connectivity index (χ2n) is 8.02. The van der Waals surface area contributed by atoms with E-state index in [1.54, 1.807) is 7.11 Å². The molecule has 27 heavy (non-hydrogen) atoms. The zero-order chi connectivity index (χ0) is 18.8. The largest absolute Gasteiger partial charge is 0.497 e. The van der Waals surface area contributed by atoms with Crippen LogP contribution < -0.4 is 4.74 Å². The van der Waals surface area contributed by atoms with Crippen molar-refractivity contribution in [3.05, 3.63) is 47.5 Å². The molecule has 0 bridgehead atoms. The number of rotatable bonds is 6. The van der Waals surface area contributed by atoms with Gasteiger partial charge in [0.25, 0.3) is 0 Å². The van der Waals surface area contributed by atoms with Crippen molar-refractivity contribution in [1.29, 1.82) is 0 Å². The standard InChI is InChI=1S/C22H29N3O2/c1-16-13-23-22(19-8-9-19)25(16)15-18-6-4-10-24(14-18)21(26)12-17-5-3-7-20(11-17)27-2/h3,5,7,11,13,18-19H,4,6,8-10,12,14-15H2,1-2H3. The average molecular weight is 367 g/mol. The molecule has 1 saturated heterocycles. The lowest BCUT2D eigenvalue weighted by molar-refractivity contribution is -0.132. The lowest BCUT2D eigenvalue weighted by atomic mass is 9.97. The van der Waals surface area contributed by atoms with Crippen molar-refractivity contribution in [2.45, 2.75) is 51.5 Å². The molecule has 1 aliphatic carbocycles. The molecule has 4 rings (SSSR count). The van der Waals surface area contributed by atoms with Gasteiger partial charge >= 0.3 is 0 Å². The van der Waals surface area contributed by atoms with E-state index < -0.39 is 0 Å². The number of likely N-dealkylation sites (tertiary alicyclic amines) is 1. The highest BCUT2D eigenvalue weighted by Crippen LogP contribution is 2.40. The summed E-state index contributed by atoms with van der Waals surface area (Å²) in [4.78, 5) is 19.5. The van der Waals surface area contributed by atoms with Crippen LogP contribution in [0, 0.1) is 12.8 Å². The van der Waals surface area contributed by atoms with Crippen molar-refractivity contribution < 1.29 is 9.53 Å². The fourth-order valence-electron chi connectivity index (χ4n) is 4.15. The van der Waals surface area contributed by atoms with E-state index in [2.05, 4.69) is 21.4 Å². The first kappa shape index (κ1) is 18.1. The molecule has 5 heteroatoms. The van der Waals surface area contributed by atoms with Gasteiger partial charge in [0, 0.05) is 37.4 Å². The maximum Gasteiger partial charge on any atom is 0.227 e. The van der Waals surface area contributed by atoms with E-state index in [0.717, 1.165) is 37.4 Å². The molecule has 5 nitrogen and oxygen atoms in total. The predicted molar refractivity (Wildman–Crippen MR) is 105 cm³/mol. The second-order valence-corrected chi connectivity index (χ2v) is 8.02. The fourth-order valence-corrected chi connectivity index (χ4v) is 4.15. The van der Waals surface area contributed by atoms with Gasteiger partial charge in [-0.3, -0.25) is 4.79 Å². The van der Waals surface area contributed by atoms with E-state index in [0.29, 0.717) is 18.3 Å². The number of amides is 1. The monoisotopic (exact) mass is 367 g/mol. The molecule has 1 aromatic heterocycles. The minimum atomic E-state index is 0.220. The Kier molecular flexibility index (Phi) is 5.19. The van der Waals surface area contributed by atoms with Gasteiger partial charge < -0.3 is 14.2 Å². The third-order valence-electron chi connectivity index (χ3n) is 5.83. The van der Waals surface area contributed by atoms with E-state index in [1.807, 2.05) is 30.5 Å². The van der Waals surface area contributed by atoms with Gasteiger partial charge in [0.2, 0.25) is 5.91 Å². The number of imidazole rings is 1. The molecule has 2 fully saturated rings. The van der Waals surface area contributed by atoms with Gasteiger partial charge in [0.15, 0.2) is 0 Å². The lowest BCUT2D eigenvalue weighted by Gasteiger charge is -2.33. The molecule has 144 valence electrons. The summed E-state index contributed by atoms with van der Waals surface area (Å²) in [7, 11) is 1.66. The molecular weight excluding hydrogens is 338 g/mol. The molecule has 1 unspecified atom stereocenters. The summed E-state index contributed by atoms with van der Waals surface area (Å²) >= 11 is 0. The Bertz CT molecular complexity index is 810. The van der Waals surface area contributed by atoms with Gasteiger partial charge in [-0.1, -0.05) is 12.1 Å². The first-order valence-electron chi connectivity index (χ1n) is 10.1. The van der Waals surface area contributed by atoms with Crippen molar-refractivity contribution in [3.63, 3.8) is 0 Å². The van der Waals surface area contributed by atoms with Crippen molar-refractivity contribution in [2.75, 3.05) is 20.2 Å². The topological polar surface area (TPSA) is 47.4 Å². The Morgan fingerprint density at radius 3 is 2.93 bits per heavy atom. The van der Waals surface area contributed by atoms with Crippen LogP contribution in [0.4, 0.5) is 0 Å². The summed E-state index contributed by atoms with van der Waals surface area (Å²) in [6, 6.07) is 7.81. The Balaban J connectivity index is 1.39. The summed E-state index contributed by atoms with van der Waals surface area (Å²) < 4.78 is 7.67. The number of benzene rings is 1. The van der Waals surface area contributed by atoms with Gasteiger partial charge in [-0.05, 0) is 56.2 Å². The molecule has 2 aromatic rings. The highest BCUT2D eigenvalue weighted by molar-refractivity contribution is 5.79. The minimum Gasteiger partial charge on any atom is -0.497 e. The van der Waals surface area contributed by atoms with Gasteiger partial charge in [0.1, 0.15) is 11.6 Å². The number of methoxy groups -OCH3 is 1. The summed E-state index contributed by atoms with van der Waals surface area (Å²) in [6.07, 6.45) is 7.26. The van der Waals surface area contributed by atoms with Crippen molar-refractivity contribution >= 4 is 5.91 Å². The van der Waals surface area contributed by atoms with Gasteiger partial charge in [-0.2, -0.15) is 0 Å². The Hall–Kier alpha value is -2.30. The van der Waals surface area contributed by atoms with Crippen LogP contribution in [0.5, 0.6) is 5.75 Å². The van der Waals surface area contributed by atoms with E-state index >= 15 is 0 Å². The fraction of sp³-hybridized carbons (Fsp3) is 0.545. The van der Waals surface area contributed by atoms with Crippen LogP contribution in [0.3, 0.4) is 0 Å². The summed E-state index contributed by atoms with van der Waals surface area (Å²) in [5.74, 6) is 3.46. The zero-order valence-electron chi connectivity index (χ0n) is 16.4. The van der Waals surface area contributed by atoms with Crippen LogP contribution in [-0.2, 0) is 17.8 Å². The van der Waals surface area contributed by atoms with Crippen LogP contribution in [0.25, 0.3) is 0 Å². The Morgan fingerprint density at radius 2 is 2.15 bits per heavy atom. The number of carbonyl (C=O) groups excluding carboxylic acids is 1. The Labute approximate surface area is 161 Å². The molecule has 1 saturated carbocycles. The van der Waals surface area contributed by atoms with Crippen molar-refractivity contribution in [1.82, 2.24) is 14.5 Å². The van der Waals surface area contributed by atoms with Crippen molar-refractivity contribution in [2.24, 2.45) is 5.92 Å². The number of carbonyl (C=O) groups is 1. The van der Waals surface area contributed by atoms with Crippen LogP contribution >= 0.6 is 0 Å². The first-order valence-corrected chi connectivity index (χ1v) is 10.1. The highest BCUT2D eigenvalue weighted by Gasteiger charge is 2.30. The van der Waals surface area contributed by atoms with Crippen molar-refractivity contribution in [3.8, 4) is 5.75 Å². The number of piperidine rings is 1. The SMILES string of the molecule is COc1cccc(CC(=O)N2CCCC(Cn3c(C)cnc3C3CC3)C2)c1. The van der Waals surface area contributed by atoms with E-state index in [1.165, 1.54) is 30.8 Å². The smallest absolute Gasteiger partial charge is 0.227 e. The van der Waals surface area contributed by atoms with Gasteiger partial charge in [-0.25, -0.2) is 4.98 Å². The van der Waals surface area contributed by atoms with Crippen LogP contribution in [0.15, 0.2) is 30.5 Å². The van der Waals surface area contributed by atoms with Crippen LogP contribution in [-0.4, -0.2) is 40.6 Å². The third kappa shape index (κ3) is 4.18. The lowest BCUT2D eigenvalue weighted by Crippen LogP contribution is -2.42. The van der Waals surface area contributed by atoms with Crippen LogP contribution in [0.2, 0.25) is 0 Å². The predicted octanol–water partition coefficient (Wildman–Crippen LogP) is 3.56. The zero-order valence-corrected chi connectivity index (χ0v) is 16.4. The minimum absolute atomic E-state index is 0.220. The number of hydrogen-bond acceptors (Lipinski definition) is 3. The number of aryl methyl sites for hydroxylation is 1. The van der Waals surface area contributed by atoms with Gasteiger partial charge in [0.05, 0.1) is 13.5 Å². The molecule has 1 atom stereocenters.